The maximum Gasteiger partial charge on any atom is 0.231 e. The van der Waals surface area contributed by atoms with Gasteiger partial charge >= 0.3 is 0 Å². The van der Waals surface area contributed by atoms with Gasteiger partial charge in [0, 0.05) is 30.4 Å². The fourth-order valence-corrected chi connectivity index (χ4v) is 4.85. The molecule has 0 spiro atoms. The Morgan fingerprint density at radius 3 is 2.21 bits per heavy atom. The molecule has 5 heteroatoms. The van der Waals surface area contributed by atoms with Crippen molar-refractivity contribution >= 4 is 11.6 Å². The Kier molecular flexibility index (Phi) is 5.69. The van der Waals surface area contributed by atoms with Crippen molar-refractivity contribution in [3.8, 4) is 11.4 Å². The molecule has 166 valence electrons. The molecular weight excluding hydrogens is 410 g/mol. The van der Waals surface area contributed by atoms with Crippen LogP contribution in [0.15, 0.2) is 91.4 Å². The Morgan fingerprint density at radius 1 is 0.970 bits per heavy atom. The van der Waals surface area contributed by atoms with Gasteiger partial charge in [-0.25, -0.2) is 4.98 Å². The summed E-state index contributed by atoms with van der Waals surface area (Å²) in [6.07, 6.45) is 4.53. The van der Waals surface area contributed by atoms with E-state index in [1.165, 1.54) is 11.1 Å². The Labute approximate surface area is 194 Å². The summed E-state index contributed by atoms with van der Waals surface area (Å²) in [5.74, 6) is 0.779. The molecule has 1 unspecified atom stereocenters. The lowest BCUT2D eigenvalue weighted by Crippen LogP contribution is -2.29. The number of aryl methyl sites for hydroxylation is 1. The van der Waals surface area contributed by atoms with Crippen LogP contribution in [0.25, 0.3) is 5.69 Å². The molecule has 33 heavy (non-hydrogen) atoms. The van der Waals surface area contributed by atoms with Crippen molar-refractivity contribution in [2.24, 2.45) is 5.92 Å². The lowest BCUT2D eigenvalue weighted by atomic mass is 9.80. The smallest absolute Gasteiger partial charge is 0.231 e. The second-order valence-corrected chi connectivity index (χ2v) is 8.46. The topological polar surface area (TPSA) is 47.4 Å². The van der Waals surface area contributed by atoms with Crippen molar-refractivity contribution in [1.82, 2.24) is 9.55 Å². The predicted molar refractivity (Wildman–Crippen MR) is 130 cm³/mol. The summed E-state index contributed by atoms with van der Waals surface area (Å²) in [4.78, 5) is 19.9. The summed E-state index contributed by atoms with van der Waals surface area (Å²) in [6, 6.07) is 26.6. The fraction of sp³-hybridized carbons (Fsp3) is 0.214. The number of carbonyl (C=O) groups excluding carboxylic acids is 1. The zero-order valence-corrected chi connectivity index (χ0v) is 18.9. The standard InChI is InChI=1S/C28H27N3O2/c1-20-18-30(19-29-20)25-14-13-23(17-26(25)33-2)31-16-15-24(28(31)32)27(21-9-5-3-6-10-21)22-11-7-4-8-12-22/h3-14,17-19,24,27H,15-16H2,1-2H3. The van der Waals surface area contributed by atoms with Gasteiger partial charge < -0.3 is 14.2 Å². The van der Waals surface area contributed by atoms with Crippen LogP contribution in [0.2, 0.25) is 0 Å². The number of nitrogens with zero attached hydrogens (tertiary/aromatic N) is 3. The molecule has 2 heterocycles. The minimum atomic E-state index is -0.114. The maximum atomic E-state index is 13.7. The van der Waals surface area contributed by atoms with Crippen LogP contribution in [0.3, 0.4) is 0 Å². The van der Waals surface area contributed by atoms with Crippen LogP contribution in [0.1, 0.15) is 29.2 Å². The summed E-state index contributed by atoms with van der Waals surface area (Å²) < 4.78 is 7.61. The highest BCUT2D eigenvalue weighted by molar-refractivity contribution is 5.98. The van der Waals surface area contributed by atoms with Crippen LogP contribution in [0.5, 0.6) is 5.75 Å². The number of amides is 1. The molecule has 1 aromatic heterocycles. The predicted octanol–water partition coefficient (Wildman–Crippen LogP) is 5.37. The number of carbonyl (C=O) groups is 1. The molecule has 1 atom stereocenters. The minimum Gasteiger partial charge on any atom is -0.494 e. The molecule has 5 rings (SSSR count). The molecule has 1 fully saturated rings. The summed E-state index contributed by atoms with van der Waals surface area (Å²) >= 11 is 0. The van der Waals surface area contributed by atoms with Crippen molar-refractivity contribution in [2.75, 3.05) is 18.6 Å². The van der Waals surface area contributed by atoms with Crippen LogP contribution in [-0.2, 0) is 4.79 Å². The van der Waals surface area contributed by atoms with Gasteiger partial charge in [0.2, 0.25) is 5.91 Å². The summed E-state index contributed by atoms with van der Waals surface area (Å²) in [7, 11) is 1.65. The van der Waals surface area contributed by atoms with Crippen molar-refractivity contribution in [3.05, 3.63) is 108 Å². The molecular formula is C28H27N3O2. The first-order valence-electron chi connectivity index (χ1n) is 11.3. The summed E-state index contributed by atoms with van der Waals surface area (Å²) in [6.45, 7) is 2.64. The van der Waals surface area contributed by atoms with E-state index in [0.29, 0.717) is 12.3 Å². The SMILES string of the molecule is COc1cc(N2CCC(C(c3ccccc3)c3ccccc3)C2=O)ccc1-n1cnc(C)c1. The van der Waals surface area contributed by atoms with Gasteiger partial charge in [-0.05, 0) is 36.6 Å². The van der Waals surface area contributed by atoms with E-state index in [-0.39, 0.29) is 17.7 Å². The van der Waals surface area contributed by atoms with Crippen LogP contribution in [-0.4, -0.2) is 29.1 Å². The highest BCUT2D eigenvalue weighted by atomic mass is 16.5. The van der Waals surface area contributed by atoms with E-state index in [4.69, 9.17) is 4.74 Å². The van der Waals surface area contributed by atoms with Crippen LogP contribution >= 0.6 is 0 Å². The van der Waals surface area contributed by atoms with Gasteiger partial charge in [0.15, 0.2) is 0 Å². The first-order valence-corrected chi connectivity index (χ1v) is 11.3. The highest BCUT2D eigenvalue weighted by Crippen LogP contribution is 2.40. The minimum absolute atomic E-state index is 0.0278. The first-order chi connectivity index (χ1) is 16.2. The Balaban J connectivity index is 1.47. The van der Waals surface area contributed by atoms with Crippen molar-refractivity contribution in [2.45, 2.75) is 19.3 Å². The molecule has 0 bridgehead atoms. The largest absolute Gasteiger partial charge is 0.494 e. The number of anilines is 1. The second-order valence-electron chi connectivity index (χ2n) is 8.46. The van der Waals surface area contributed by atoms with Gasteiger partial charge in [-0.3, -0.25) is 4.79 Å². The molecule has 1 saturated heterocycles. The normalized spacial score (nSPS) is 15.9. The van der Waals surface area contributed by atoms with E-state index in [1.54, 1.807) is 13.4 Å². The molecule has 1 amide bonds. The van der Waals surface area contributed by atoms with Crippen LogP contribution in [0, 0.1) is 12.8 Å². The van der Waals surface area contributed by atoms with Crippen LogP contribution in [0.4, 0.5) is 5.69 Å². The lowest BCUT2D eigenvalue weighted by molar-refractivity contribution is -0.120. The number of ether oxygens (including phenoxy) is 1. The number of hydrogen-bond donors (Lipinski definition) is 0. The number of aromatic nitrogens is 2. The van der Waals surface area contributed by atoms with Crippen molar-refractivity contribution in [1.29, 1.82) is 0 Å². The van der Waals surface area contributed by atoms with E-state index in [2.05, 4.69) is 29.2 Å². The quantitative estimate of drug-likeness (QED) is 0.407. The van der Waals surface area contributed by atoms with Gasteiger partial charge in [-0.15, -0.1) is 0 Å². The van der Waals surface area contributed by atoms with Gasteiger partial charge in [-0.1, -0.05) is 60.7 Å². The monoisotopic (exact) mass is 437 g/mol. The van der Waals surface area contributed by atoms with Crippen molar-refractivity contribution in [3.63, 3.8) is 0 Å². The van der Waals surface area contributed by atoms with Crippen LogP contribution < -0.4 is 9.64 Å². The lowest BCUT2D eigenvalue weighted by Gasteiger charge is -2.25. The van der Waals surface area contributed by atoms with E-state index in [0.717, 1.165) is 23.5 Å². The molecule has 5 nitrogen and oxygen atoms in total. The maximum absolute atomic E-state index is 13.7. The number of benzene rings is 3. The molecule has 4 aromatic rings. The second kappa shape index (κ2) is 8.94. The van der Waals surface area contributed by atoms with Crippen molar-refractivity contribution < 1.29 is 9.53 Å². The third kappa shape index (κ3) is 4.02. The van der Waals surface area contributed by atoms with E-state index in [1.807, 2.05) is 77.2 Å². The fourth-order valence-electron chi connectivity index (χ4n) is 4.85. The average Bonchev–Trinajstić information content (AvgIpc) is 3.46. The Hall–Kier alpha value is -3.86. The van der Waals surface area contributed by atoms with Gasteiger partial charge in [0.25, 0.3) is 0 Å². The molecule has 0 N–H and O–H groups in total. The average molecular weight is 438 g/mol. The highest BCUT2D eigenvalue weighted by Gasteiger charge is 2.39. The molecule has 0 radical (unpaired) electrons. The zero-order chi connectivity index (χ0) is 22.8. The molecule has 1 aliphatic heterocycles. The molecule has 0 aliphatic carbocycles. The van der Waals surface area contributed by atoms with E-state index in [9.17, 15) is 4.79 Å². The first kappa shape index (κ1) is 21.0. The third-order valence-corrected chi connectivity index (χ3v) is 6.43. The van der Waals surface area contributed by atoms with Gasteiger partial charge in [0.05, 0.1) is 30.7 Å². The zero-order valence-electron chi connectivity index (χ0n) is 18.9. The number of imidazole rings is 1. The van der Waals surface area contributed by atoms with Gasteiger partial charge in [-0.2, -0.15) is 0 Å². The Bertz CT molecular complexity index is 1210. The number of rotatable bonds is 6. The van der Waals surface area contributed by atoms with Gasteiger partial charge in [0.1, 0.15) is 5.75 Å². The Morgan fingerprint density at radius 2 is 1.64 bits per heavy atom. The summed E-state index contributed by atoms with van der Waals surface area (Å²) in [5.41, 5.74) is 5.04. The van der Waals surface area contributed by atoms with E-state index >= 15 is 0 Å². The number of hydrogen-bond acceptors (Lipinski definition) is 3. The number of methoxy groups -OCH3 is 1. The summed E-state index contributed by atoms with van der Waals surface area (Å²) in [5, 5.41) is 0. The molecule has 1 aliphatic rings. The molecule has 3 aromatic carbocycles. The molecule has 0 saturated carbocycles. The third-order valence-electron chi connectivity index (χ3n) is 6.43. The van der Waals surface area contributed by atoms with E-state index < -0.39 is 0 Å².